The van der Waals surface area contributed by atoms with Gasteiger partial charge in [0.2, 0.25) is 0 Å². The molecule has 0 radical (unpaired) electrons. The lowest BCUT2D eigenvalue weighted by Crippen LogP contribution is -2.38. The number of hydrogen-bond acceptors (Lipinski definition) is 1. The second-order valence-corrected chi connectivity index (χ2v) is 7.53. The standard InChI is InChI=1S/C18H24BrNO/c1-13-7-10-16(17(19)11-13)18(21)20(15-8-9-15)12-14-5-3-2-4-6-14/h7,10-11,14-15H,2-6,8-9,12H2,1H3. The molecule has 0 atom stereocenters. The van der Waals surface area contributed by atoms with Gasteiger partial charge in [-0.15, -0.1) is 0 Å². The first-order chi connectivity index (χ1) is 10.1. The SMILES string of the molecule is Cc1ccc(C(=O)N(CC2CCCCC2)C2CC2)c(Br)c1. The van der Waals surface area contributed by atoms with Crippen LogP contribution in [-0.2, 0) is 0 Å². The van der Waals surface area contributed by atoms with Crippen molar-refractivity contribution >= 4 is 21.8 Å². The zero-order valence-corrected chi connectivity index (χ0v) is 14.4. The van der Waals surface area contributed by atoms with Crippen LogP contribution in [0.3, 0.4) is 0 Å². The summed E-state index contributed by atoms with van der Waals surface area (Å²) in [6.45, 7) is 3.02. The summed E-state index contributed by atoms with van der Waals surface area (Å²) in [4.78, 5) is 15.1. The lowest BCUT2D eigenvalue weighted by Gasteiger charge is -2.30. The van der Waals surface area contributed by atoms with Gasteiger partial charge in [-0.1, -0.05) is 25.3 Å². The Kier molecular flexibility index (Phi) is 4.68. The predicted octanol–water partition coefficient (Wildman–Crippen LogP) is 4.94. The Morgan fingerprint density at radius 3 is 2.52 bits per heavy atom. The van der Waals surface area contributed by atoms with Crippen LogP contribution < -0.4 is 0 Å². The van der Waals surface area contributed by atoms with Gasteiger partial charge in [0, 0.05) is 17.1 Å². The van der Waals surface area contributed by atoms with E-state index < -0.39 is 0 Å². The number of nitrogens with zero attached hydrogens (tertiary/aromatic N) is 1. The summed E-state index contributed by atoms with van der Waals surface area (Å²) in [6, 6.07) is 6.54. The molecule has 2 saturated carbocycles. The minimum absolute atomic E-state index is 0.218. The Labute approximate surface area is 136 Å². The highest BCUT2D eigenvalue weighted by Crippen LogP contribution is 2.33. The molecule has 1 aromatic carbocycles. The van der Waals surface area contributed by atoms with Gasteiger partial charge in [0.05, 0.1) is 5.56 Å². The average molecular weight is 350 g/mol. The molecule has 1 amide bonds. The molecule has 0 unspecified atom stereocenters. The van der Waals surface area contributed by atoms with E-state index in [4.69, 9.17) is 0 Å². The van der Waals surface area contributed by atoms with Crippen LogP contribution in [0.2, 0.25) is 0 Å². The Morgan fingerprint density at radius 2 is 1.90 bits per heavy atom. The molecule has 0 spiro atoms. The quantitative estimate of drug-likeness (QED) is 0.753. The fourth-order valence-electron chi connectivity index (χ4n) is 3.38. The molecular formula is C18H24BrNO. The van der Waals surface area contributed by atoms with Gasteiger partial charge < -0.3 is 4.90 Å². The van der Waals surface area contributed by atoms with E-state index in [9.17, 15) is 4.79 Å². The molecule has 0 N–H and O–H groups in total. The van der Waals surface area contributed by atoms with Gasteiger partial charge in [-0.25, -0.2) is 0 Å². The molecule has 3 heteroatoms. The maximum Gasteiger partial charge on any atom is 0.255 e. The van der Waals surface area contributed by atoms with Gasteiger partial charge in [-0.3, -0.25) is 4.79 Å². The molecule has 3 rings (SSSR count). The third kappa shape index (κ3) is 3.68. The van der Waals surface area contributed by atoms with Gasteiger partial charge in [0.15, 0.2) is 0 Å². The van der Waals surface area contributed by atoms with Crippen molar-refractivity contribution in [3.05, 3.63) is 33.8 Å². The second kappa shape index (κ2) is 6.51. The van der Waals surface area contributed by atoms with Crippen LogP contribution in [0.5, 0.6) is 0 Å². The smallest absolute Gasteiger partial charge is 0.255 e. The van der Waals surface area contributed by atoms with Crippen molar-refractivity contribution < 1.29 is 4.79 Å². The molecule has 0 saturated heterocycles. The number of rotatable bonds is 4. The molecule has 114 valence electrons. The number of aryl methyl sites for hydroxylation is 1. The van der Waals surface area contributed by atoms with Gasteiger partial charge in [0.1, 0.15) is 0 Å². The third-order valence-electron chi connectivity index (χ3n) is 4.78. The molecule has 1 aromatic rings. The number of carbonyl (C=O) groups excluding carboxylic acids is 1. The predicted molar refractivity (Wildman–Crippen MR) is 89.5 cm³/mol. The first-order valence-corrected chi connectivity index (χ1v) is 9.01. The van der Waals surface area contributed by atoms with Gasteiger partial charge in [0.25, 0.3) is 5.91 Å². The molecule has 0 heterocycles. The van der Waals surface area contributed by atoms with Crippen LogP contribution in [-0.4, -0.2) is 23.4 Å². The van der Waals surface area contributed by atoms with Crippen LogP contribution >= 0.6 is 15.9 Å². The number of benzene rings is 1. The number of halogens is 1. The highest BCUT2D eigenvalue weighted by Gasteiger charge is 2.35. The molecule has 0 bridgehead atoms. The Balaban J connectivity index is 1.75. The normalized spacial score (nSPS) is 19.5. The molecule has 21 heavy (non-hydrogen) atoms. The first-order valence-electron chi connectivity index (χ1n) is 8.22. The van der Waals surface area contributed by atoms with E-state index in [1.807, 2.05) is 18.2 Å². The first kappa shape index (κ1) is 15.1. The maximum atomic E-state index is 12.9. The molecule has 2 aliphatic carbocycles. The zero-order valence-electron chi connectivity index (χ0n) is 12.8. The van der Waals surface area contributed by atoms with Crippen LogP contribution in [0.15, 0.2) is 22.7 Å². The third-order valence-corrected chi connectivity index (χ3v) is 5.44. The summed E-state index contributed by atoms with van der Waals surface area (Å²) in [5, 5.41) is 0. The van der Waals surface area contributed by atoms with Gasteiger partial charge >= 0.3 is 0 Å². The summed E-state index contributed by atoms with van der Waals surface area (Å²) >= 11 is 3.56. The largest absolute Gasteiger partial charge is 0.335 e. The van der Waals surface area contributed by atoms with E-state index in [0.717, 1.165) is 16.6 Å². The van der Waals surface area contributed by atoms with Crippen molar-refractivity contribution in [2.24, 2.45) is 5.92 Å². The summed E-state index contributed by atoms with van der Waals surface area (Å²) in [5.74, 6) is 0.933. The van der Waals surface area contributed by atoms with Crippen molar-refractivity contribution in [1.29, 1.82) is 0 Å². The Hall–Kier alpha value is -0.830. The topological polar surface area (TPSA) is 20.3 Å². The van der Waals surface area contributed by atoms with E-state index in [1.54, 1.807) is 0 Å². The van der Waals surface area contributed by atoms with Gasteiger partial charge in [-0.05, 0) is 72.2 Å². The van der Waals surface area contributed by atoms with Gasteiger partial charge in [-0.2, -0.15) is 0 Å². The van der Waals surface area contributed by atoms with Crippen molar-refractivity contribution in [2.75, 3.05) is 6.54 Å². The fraction of sp³-hybridized carbons (Fsp3) is 0.611. The molecule has 2 nitrogen and oxygen atoms in total. The number of amides is 1. The molecule has 0 aliphatic heterocycles. The van der Waals surface area contributed by atoms with Crippen molar-refractivity contribution in [3.8, 4) is 0 Å². The minimum atomic E-state index is 0.218. The summed E-state index contributed by atoms with van der Waals surface area (Å²) in [7, 11) is 0. The summed E-state index contributed by atoms with van der Waals surface area (Å²) in [5.41, 5.74) is 2.01. The monoisotopic (exact) mass is 349 g/mol. The number of carbonyl (C=O) groups is 1. The Morgan fingerprint density at radius 1 is 1.19 bits per heavy atom. The van der Waals surface area contributed by atoms with Crippen molar-refractivity contribution in [2.45, 2.75) is 57.9 Å². The highest BCUT2D eigenvalue weighted by molar-refractivity contribution is 9.10. The minimum Gasteiger partial charge on any atom is -0.335 e. The second-order valence-electron chi connectivity index (χ2n) is 6.68. The highest BCUT2D eigenvalue weighted by atomic mass is 79.9. The molecule has 0 aromatic heterocycles. The Bertz CT molecular complexity index is 518. The summed E-state index contributed by atoms with van der Waals surface area (Å²) in [6.07, 6.45) is 9.01. The van der Waals surface area contributed by atoms with Crippen LogP contribution in [0.25, 0.3) is 0 Å². The molecular weight excluding hydrogens is 326 g/mol. The average Bonchev–Trinajstić information content (AvgIpc) is 3.30. The van der Waals surface area contributed by atoms with E-state index in [2.05, 4.69) is 27.8 Å². The fourth-order valence-corrected chi connectivity index (χ4v) is 4.04. The van der Waals surface area contributed by atoms with E-state index in [0.29, 0.717) is 12.0 Å². The molecule has 2 aliphatic rings. The van der Waals surface area contributed by atoms with Crippen LogP contribution in [0, 0.1) is 12.8 Å². The van der Waals surface area contributed by atoms with Crippen LogP contribution in [0.4, 0.5) is 0 Å². The van der Waals surface area contributed by atoms with E-state index in [1.165, 1.54) is 50.5 Å². The lowest BCUT2D eigenvalue weighted by atomic mass is 9.88. The number of hydrogen-bond donors (Lipinski definition) is 0. The zero-order chi connectivity index (χ0) is 14.8. The maximum absolute atomic E-state index is 12.9. The van der Waals surface area contributed by atoms with E-state index in [-0.39, 0.29) is 5.91 Å². The van der Waals surface area contributed by atoms with Crippen LogP contribution in [0.1, 0.15) is 60.9 Å². The lowest BCUT2D eigenvalue weighted by molar-refractivity contribution is 0.0698. The van der Waals surface area contributed by atoms with Crippen molar-refractivity contribution in [1.82, 2.24) is 4.90 Å². The molecule has 2 fully saturated rings. The van der Waals surface area contributed by atoms with E-state index >= 15 is 0 Å². The van der Waals surface area contributed by atoms with Crippen molar-refractivity contribution in [3.63, 3.8) is 0 Å². The summed E-state index contributed by atoms with van der Waals surface area (Å²) < 4.78 is 0.932.